The Bertz CT molecular complexity index is 1180. The van der Waals surface area contributed by atoms with Crippen molar-refractivity contribution >= 4 is 23.4 Å². The Morgan fingerprint density at radius 1 is 1.06 bits per heavy atom. The summed E-state index contributed by atoms with van der Waals surface area (Å²) in [5.41, 5.74) is 4.44. The third kappa shape index (κ3) is 7.18. The number of ether oxygens (including phenoxy) is 1. The van der Waals surface area contributed by atoms with Crippen LogP contribution in [0.3, 0.4) is 0 Å². The van der Waals surface area contributed by atoms with Gasteiger partial charge in [0.25, 0.3) is 0 Å². The number of aryl methyl sites for hydroxylation is 2. The number of rotatable bonds is 9. The van der Waals surface area contributed by atoms with Gasteiger partial charge in [-0.2, -0.15) is 5.10 Å². The Kier molecular flexibility index (Phi) is 8.88. The van der Waals surface area contributed by atoms with E-state index < -0.39 is 0 Å². The first-order valence-electron chi connectivity index (χ1n) is 12.2. The highest BCUT2D eigenvalue weighted by Crippen LogP contribution is 2.26. The molecule has 192 valence electrons. The molecule has 0 aliphatic carbocycles. The largest absolute Gasteiger partial charge is 0.383 e. The molecule has 0 radical (unpaired) electrons. The maximum Gasteiger partial charge on any atom is 0.322 e. The molecule has 0 aliphatic rings. The molecule has 3 amide bonds. The van der Waals surface area contributed by atoms with Crippen molar-refractivity contribution in [2.45, 2.75) is 46.5 Å². The number of hydrogen-bond donors (Lipinski definition) is 2. The lowest BCUT2D eigenvalue weighted by Gasteiger charge is -2.22. The summed E-state index contributed by atoms with van der Waals surface area (Å²) in [4.78, 5) is 27.6. The van der Waals surface area contributed by atoms with Crippen LogP contribution in [0.15, 0.2) is 54.6 Å². The van der Waals surface area contributed by atoms with Gasteiger partial charge in [0.15, 0.2) is 0 Å². The first-order chi connectivity index (χ1) is 17.1. The molecule has 2 N–H and O–H groups in total. The summed E-state index contributed by atoms with van der Waals surface area (Å²) in [7, 11) is 1.56. The molecular formula is C28H37N5O3. The predicted octanol–water partition coefficient (Wildman–Crippen LogP) is 5.16. The normalized spacial score (nSPS) is 11.3. The van der Waals surface area contributed by atoms with E-state index in [1.54, 1.807) is 11.8 Å². The Balaban J connectivity index is 1.79. The standard InChI is InChI=1S/C28H37N5O3/c1-7-21-9-8-10-22(17-21)29-27(35)32(15-16-36-6)19-26(34)30-25-18-24(28(3,4)5)31-33(25)23-13-11-20(2)12-14-23/h8-14,17-18H,7,15-16,19H2,1-6H3,(H,29,35)(H,30,34). The first-order valence-corrected chi connectivity index (χ1v) is 12.2. The van der Waals surface area contributed by atoms with Crippen molar-refractivity contribution in [3.05, 3.63) is 71.4 Å². The minimum atomic E-state index is -0.363. The van der Waals surface area contributed by atoms with Gasteiger partial charge in [-0.3, -0.25) is 4.79 Å². The van der Waals surface area contributed by atoms with Gasteiger partial charge in [0.1, 0.15) is 12.4 Å². The molecule has 0 aliphatic heterocycles. The van der Waals surface area contributed by atoms with Crippen LogP contribution < -0.4 is 10.6 Å². The second kappa shape index (κ2) is 11.9. The number of amides is 3. The fourth-order valence-corrected chi connectivity index (χ4v) is 3.60. The molecule has 0 unspecified atom stereocenters. The van der Waals surface area contributed by atoms with E-state index >= 15 is 0 Å². The van der Waals surface area contributed by atoms with Crippen molar-refractivity contribution in [3.8, 4) is 5.69 Å². The number of nitrogens with one attached hydrogen (secondary N) is 2. The highest BCUT2D eigenvalue weighted by atomic mass is 16.5. The molecule has 0 saturated carbocycles. The summed E-state index contributed by atoms with van der Waals surface area (Å²) in [6, 6.07) is 17.1. The highest BCUT2D eigenvalue weighted by Gasteiger charge is 2.23. The minimum Gasteiger partial charge on any atom is -0.383 e. The van der Waals surface area contributed by atoms with Gasteiger partial charge in [-0.25, -0.2) is 9.48 Å². The molecule has 1 heterocycles. The van der Waals surface area contributed by atoms with Gasteiger partial charge in [0.2, 0.25) is 5.91 Å². The summed E-state index contributed by atoms with van der Waals surface area (Å²) in [6.07, 6.45) is 0.866. The number of carbonyl (C=O) groups is 2. The fourth-order valence-electron chi connectivity index (χ4n) is 3.60. The van der Waals surface area contributed by atoms with Crippen LogP contribution >= 0.6 is 0 Å². The molecule has 8 heteroatoms. The Labute approximate surface area is 213 Å². The van der Waals surface area contributed by atoms with Crippen LogP contribution in [-0.2, 0) is 21.4 Å². The van der Waals surface area contributed by atoms with Crippen molar-refractivity contribution in [2.75, 3.05) is 37.4 Å². The number of benzene rings is 2. The van der Waals surface area contributed by atoms with E-state index in [9.17, 15) is 9.59 Å². The number of aromatic nitrogens is 2. The van der Waals surface area contributed by atoms with Crippen LogP contribution in [-0.4, -0.2) is 53.4 Å². The Morgan fingerprint density at radius 3 is 2.42 bits per heavy atom. The van der Waals surface area contributed by atoms with Gasteiger partial charge < -0.3 is 20.3 Å². The number of urea groups is 1. The van der Waals surface area contributed by atoms with Crippen LogP contribution in [0.25, 0.3) is 5.69 Å². The number of anilines is 2. The van der Waals surface area contributed by atoms with Gasteiger partial charge in [0, 0.05) is 30.8 Å². The molecule has 0 atom stereocenters. The first kappa shape index (κ1) is 26.9. The monoisotopic (exact) mass is 491 g/mol. The van der Waals surface area contributed by atoms with Crippen LogP contribution in [0.2, 0.25) is 0 Å². The van der Waals surface area contributed by atoms with Crippen molar-refractivity contribution in [3.63, 3.8) is 0 Å². The zero-order valence-electron chi connectivity index (χ0n) is 22.1. The second-order valence-electron chi connectivity index (χ2n) is 9.86. The fraction of sp³-hybridized carbons (Fsp3) is 0.393. The van der Waals surface area contributed by atoms with E-state index in [-0.39, 0.29) is 30.4 Å². The lowest BCUT2D eigenvalue weighted by atomic mass is 9.92. The minimum absolute atomic E-state index is 0.132. The lowest BCUT2D eigenvalue weighted by Crippen LogP contribution is -2.42. The van der Waals surface area contributed by atoms with Crippen molar-refractivity contribution in [1.82, 2.24) is 14.7 Å². The molecule has 8 nitrogen and oxygen atoms in total. The molecule has 0 saturated heterocycles. The van der Waals surface area contributed by atoms with Crippen molar-refractivity contribution in [2.24, 2.45) is 0 Å². The average molecular weight is 492 g/mol. The number of hydrogen-bond acceptors (Lipinski definition) is 4. The maximum absolute atomic E-state index is 13.1. The van der Waals surface area contributed by atoms with Gasteiger partial charge in [-0.1, -0.05) is 57.5 Å². The summed E-state index contributed by atoms with van der Waals surface area (Å²) >= 11 is 0. The van der Waals surface area contributed by atoms with Gasteiger partial charge in [0.05, 0.1) is 18.0 Å². The number of nitrogens with zero attached hydrogens (tertiary/aromatic N) is 3. The molecule has 1 aromatic heterocycles. The summed E-state index contributed by atoms with van der Waals surface area (Å²) < 4.78 is 6.90. The topological polar surface area (TPSA) is 88.5 Å². The lowest BCUT2D eigenvalue weighted by molar-refractivity contribution is -0.116. The Morgan fingerprint density at radius 2 is 1.78 bits per heavy atom. The predicted molar refractivity (Wildman–Crippen MR) is 144 cm³/mol. The maximum atomic E-state index is 13.1. The summed E-state index contributed by atoms with van der Waals surface area (Å²) in [6.45, 7) is 10.8. The Hall–Kier alpha value is -3.65. The molecule has 36 heavy (non-hydrogen) atoms. The molecule has 0 bridgehead atoms. The van der Waals surface area contributed by atoms with Crippen LogP contribution in [0.1, 0.15) is 44.5 Å². The third-order valence-electron chi connectivity index (χ3n) is 5.80. The summed E-state index contributed by atoms with van der Waals surface area (Å²) in [5.74, 6) is 0.230. The number of methoxy groups -OCH3 is 1. The van der Waals surface area contributed by atoms with Gasteiger partial charge >= 0.3 is 6.03 Å². The second-order valence-corrected chi connectivity index (χ2v) is 9.86. The van der Waals surface area contributed by atoms with Gasteiger partial charge in [-0.05, 0) is 43.2 Å². The van der Waals surface area contributed by atoms with E-state index in [4.69, 9.17) is 9.84 Å². The van der Waals surface area contributed by atoms with Gasteiger partial charge in [-0.15, -0.1) is 0 Å². The quantitative estimate of drug-likeness (QED) is 0.433. The molecular weight excluding hydrogens is 454 g/mol. The summed E-state index contributed by atoms with van der Waals surface area (Å²) in [5, 5.41) is 10.6. The van der Waals surface area contributed by atoms with Crippen molar-refractivity contribution < 1.29 is 14.3 Å². The van der Waals surface area contributed by atoms with Crippen LogP contribution in [0.5, 0.6) is 0 Å². The smallest absolute Gasteiger partial charge is 0.322 e. The molecule has 0 fully saturated rings. The van der Waals surface area contributed by atoms with E-state index in [1.165, 1.54) is 4.90 Å². The highest BCUT2D eigenvalue weighted by molar-refractivity contribution is 5.96. The third-order valence-corrected chi connectivity index (χ3v) is 5.80. The van der Waals surface area contributed by atoms with E-state index in [1.807, 2.05) is 61.5 Å². The zero-order valence-corrected chi connectivity index (χ0v) is 22.1. The molecule has 3 rings (SSSR count). The number of carbonyl (C=O) groups excluding carboxylic acids is 2. The SMILES string of the molecule is CCc1cccc(NC(=O)N(CCOC)CC(=O)Nc2cc(C(C)(C)C)nn2-c2ccc(C)cc2)c1. The van der Waals surface area contributed by atoms with E-state index in [0.29, 0.717) is 18.1 Å². The molecule has 3 aromatic rings. The average Bonchev–Trinajstić information content (AvgIpc) is 3.26. The van der Waals surface area contributed by atoms with Crippen LogP contribution in [0.4, 0.5) is 16.3 Å². The van der Waals surface area contributed by atoms with Crippen LogP contribution in [0, 0.1) is 6.92 Å². The molecule has 2 aromatic carbocycles. The van der Waals surface area contributed by atoms with Crippen molar-refractivity contribution in [1.29, 1.82) is 0 Å². The molecule has 0 spiro atoms. The van der Waals surface area contributed by atoms with E-state index in [0.717, 1.165) is 28.9 Å². The zero-order chi connectivity index (χ0) is 26.3. The van der Waals surface area contributed by atoms with E-state index in [2.05, 4.69) is 38.3 Å².